The van der Waals surface area contributed by atoms with Crippen molar-refractivity contribution in [1.29, 1.82) is 0 Å². The summed E-state index contributed by atoms with van der Waals surface area (Å²) in [5.41, 5.74) is 0.189. The molecule has 7 nitrogen and oxygen atoms in total. The van der Waals surface area contributed by atoms with Gasteiger partial charge in [-0.2, -0.15) is 0 Å². The van der Waals surface area contributed by atoms with E-state index in [0.29, 0.717) is 0 Å². The van der Waals surface area contributed by atoms with Crippen LogP contribution in [-0.4, -0.2) is 27.7 Å². The SMILES string of the molecule is O=C(N[C@@H](COc1ccccc1F)c1ccccc1)c1n[nH]c(=O)[nH]1. The predicted octanol–water partition coefficient (Wildman–Crippen LogP) is 1.79. The molecule has 3 rings (SSSR count). The summed E-state index contributed by atoms with van der Waals surface area (Å²) in [6, 6.07) is 14.5. The van der Waals surface area contributed by atoms with Crippen LogP contribution in [0.15, 0.2) is 59.4 Å². The van der Waals surface area contributed by atoms with Crippen LogP contribution in [0.5, 0.6) is 5.75 Å². The largest absolute Gasteiger partial charge is 0.488 e. The predicted molar refractivity (Wildman–Crippen MR) is 87.8 cm³/mol. The number of hydrogen-bond donors (Lipinski definition) is 3. The smallest absolute Gasteiger partial charge is 0.341 e. The van der Waals surface area contributed by atoms with Crippen molar-refractivity contribution in [2.75, 3.05) is 6.61 Å². The lowest BCUT2D eigenvalue weighted by Gasteiger charge is -2.19. The Labute approximate surface area is 141 Å². The Morgan fingerprint density at radius 1 is 1.16 bits per heavy atom. The van der Waals surface area contributed by atoms with Gasteiger partial charge in [0.1, 0.15) is 6.61 Å². The Kier molecular flexibility index (Phi) is 4.89. The van der Waals surface area contributed by atoms with Gasteiger partial charge < -0.3 is 10.1 Å². The molecule has 0 aliphatic rings. The summed E-state index contributed by atoms with van der Waals surface area (Å²) in [5, 5.41) is 8.43. The summed E-state index contributed by atoms with van der Waals surface area (Å²) in [7, 11) is 0. The van der Waals surface area contributed by atoms with Crippen molar-refractivity contribution in [2.24, 2.45) is 0 Å². The second-order valence-electron chi connectivity index (χ2n) is 5.20. The van der Waals surface area contributed by atoms with Crippen LogP contribution in [0.25, 0.3) is 0 Å². The number of hydrogen-bond acceptors (Lipinski definition) is 4. The molecule has 0 aliphatic heterocycles. The van der Waals surface area contributed by atoms with Gasteiger partial charge in [0.25, 0.3) is 5.91 Å². The topological polar surface area (TPSA) is 99.9 Å². The van der Waals surface area contributed by atoms with E-state index in [9.17, 15) is 14.0 Å². The minimum absolute atomic E-state index is 0.00530. The van der Waals surface area contributed by atoms with Crippen LogP contribution in [-0.2, 0) is 0 Å². The van der Waals surface area contributed by atoms with E-state index < -0.39 is 23.5 Å². The molecule has 0 fully saturated rings. The molecule has 1 heterocycles. The molecule has 0 spiro atoms. The van der Waals surface area contributed by atoms with Crippen molar-refractivity contribution in [1.82, 2.24) is 20.5 Å². The molecular formula is C17H15FN4O3. The number of benzene rings is 2. The molecule has 0 saturated carbocycles. The molecule has 0 radical (unpaired) electrons. The van der Waals surface area contributed by atoms with Crippen molar-refractivity contribution in [2.45, 2.75) is 6.04 Å². The maximum Gasteiger partial charge on any atom is 0.341 e. The van der Waals surface area contributed by atoms with Crippen LogP contribution in [0.3, 0.4) is 0 Å². The fourth-order valence-corrected chi connectivity index (χ4v) is 2.25. The van der Waals surface area contributed by atoms with E-state index in [2.05, 4.69) is 20.5 Å². The number of carbonyl (C=O) groups is 1. The third kappa shape index (κ3) is 4.11. The first-order valence-corrected chi connectivity index (χ1v) is 7.51. The molecule has 1 amide bonds. The van der Waals surface area contributed by atoms with E-state index in [0.717, 1.165) is 5.56 Å². The quantitative estimate of drug-likeness (QED) is 0.636. The highest BCUT2D eigenvalue weighted by Crippen LogP contribution is 2.19. The van der Waals surface area contributed by atoms with Gasteiger partial charge in [-0.1, -0.05) is 42.5 Å². The van der Waals surface area contributed by atoms with Crippen LogP contribution < -0.4 is 15.7 Å². The van der Waals surface area contributed by atoms with Crippen LogP contribution in [0.1, 0.15) is 22.2 Å². The maximum atomic E-state index is 13.7. The third-order valence-corrected chi connectivity index (χ3v) is 3.47. The zero-order chi connectivity index (χ0) is 17.6. The number of carbonyl (C=O) groups excluding carboxylic acids is 1. The lowest BCUT2D eigenvalue weighted by atomic mass is 10.1. The van der Waals surface area contributed by atoms with Gasteiger partial charge in [0.2, 0.25) is 5.82 Å². The number of aromatic nitrogens is 3. The molecule has 8 heteroatoms. The van der Waals surface area contributed by atoms with Crippen LogP contribution in [0.2, 0.25) is 0 Å². The number of aromatic amines is 2. The lowest BCUT2D eigenvalue weighted by Crippen LogP contribution is -2.33. The molecule has 0 unspecified atom stereocenters. The standard InChI is InChI=1S/C17H15FN4O3/c18-12-8-4-5-9-14(12)25-10-13(11-6-2-1-3-7-11)19-16(23)15-20-17(24)22-21-15/h1-9,13H,10H2,(H,19,23)(H2,20,21,22,24)/t13-/m0/s1. The van der Waals surface area contributed by atoms with Gasteiger partial charge in [-0.15, -0.1) is 5.10 Å². The van der Waals surface area contributed by atoms with E-state index in [1.54, 1.807) is 12.1 Å². The van der Waals surface area contributed by atoms with Crippen LogP contribution in [0.4, 0.5) is 4.39 Å². The number of rotatable bonds is 6. The number of nitrogens with one attached hydrogen (secondary N) is 3. The van der Waals surface area contributed by atoms with E-state index in [1.807, 2.05) is 30.3 Å². The van der Waals surface area contributed by atoms with Gasteiger partial charge in [0.15, 0.2) is 11.6 Å². The Morgan fingerprint density at radius 2 is 1.88 bits per heavy atom. The van der Waals surface area contributed by atoms with Crippen molar-refractivity contribution >= 4 is 5.91 Å². The van der Waals surface area contributed by atoms with E-state index in [4.69, 9.17) is 4.74 Å². The Morgan fingerprint density at radius 3 is 2.56 bits per heavy atom. The van der Waals surface area contributed by atoms with Gasteiger partial charge in [0.05, 0.1) is 6.04 Å². The first-order chi connectivity index (χ1) is 12.1. The average Bonchev–Trinajstić information content (AvgIpc) is 3.07. The highest BCUT2D eigenvalue weighted by molar-refractivity contribution is 5.90. The summed E-state index contributed by atoms with van der Waals surface area (Å²) < 4.78 is 19.2. The molecule has 1 atom stereocenters. The van der Waals surface area contributed by atoms with Gasteiger partial charge >= 0.3 is 5.69 Å². The summed E-state index contributed by atoms with van der Waals surface area (Å²) in [6.07, 6.45) is 0. The average molecular weight is 342 g/mol. The van der Waals surface area contributed by atoms with E-state index in [-0.39, 0.29) is 18.2 Å². The molecule has 25 heavy (non-hydrogen) atoms. The Bertz CT molecular complexity index is 907. The maximum absolute atomic E-state index is 13.7. The highest BCUT2D eigenvalue weighted by Gasteiger charge is 2.19. The third-order valence-electron chi connectivity index (χ3n) is 3.47. The monoisotopic (exact) mass is 342 g/mol. The Hall–Kier alpha value is -3.42. The van der Waals surface area contributed by atoms with Gasteiger partial charge in [-0.3, -0.25) is 9.78 Å². The molecular weight excluding hydrogens is 327 g/mol. The second kappa shape index (κ2) is 7.43. The molecule has 0 bridgehead atoms. The van der Waals surface area contributed by atoms with E-state index in [1.165, 1.54) is 12.1 Å². The minimum atomic E-state index is -0.580. The number of amides is 1. The first kappa shape index (κ1) is 16.4. The molecule has 3 aromatic rings. The van der Waals surface area contributed by atoms with E-state index >= 15 is 0 Å². The summed E-state index contributed by atoms with van der Waals surface area (Å²) in [6.45, 7) is 0.00530. The van der Waals surface area contributed by atoms with Crippen LogP contribution in [0, 0.1) is 5.82 Å². The fourth-order valence-electron chi connectivity index (χ4n) is 2.25. The molecule has 3 N–H and O–H groups in total. The fraction of sp³-hybridized carbons (Fsp3) is 0.118. The molecule has 128 valence electrons. The van der Waals surface area contributed by atoms with Gasteiger partial charge in [0, 0.05) is 0 Å². The molecule has 2 aromatic carbocycles. The van der Waals surface area contributed by atoms with Crippen LogP contribution >= 0.6 is 0 Å². The highest BCUT2D eigenvalue weighted by atomic mass is 19.1. The van der Waals surface area contributed by atoms with Gasteiger partial charge in [-0.05, 0) is 17.7 Å². The van der Waals surface area contributed by atoms with Crippen molar-refractivity contribution in [3.63, 3.8) is 0 Å². The zero-order valence-electron chi connectivity index (χ0n) is 13.0. The minimum Gasteiger partial charge on any atom is -0.488 e. The normalized spacial score (nSPS) is 11.7. The zero-order valence-corrected chi connectivity index (χ0v) is 13.0. The lowest BCUT2D eigenvalue weighted by molar-refractivity contribution is 0.0910. The molecule has 0 saturated heterocycles. The van der Waals surface area contributed by atoms with Gasteiger partial charge in [-0.25, -0.2) is 14.3 Å². The number of H-pyrrole nitrogens is 2. The number of nitrogens with zero attached hydrogens (tertiary/aromatic N) is 1. The molecule has 0 aliphatic carbocycles. The summed E-state index contributed by atoms with van der Waals surface area (Å²) >= 11 is 0. The number of para-hydroxylation sites is 1. The summed E-state index contributed by atoms with van der Waals surface area (Å²) in [5.74, 6) is -1.12. The molecule has 1 aromatic heterocycles. The second-order valence-corrected chi connectivity index (χ2v) is 5.20. The number of halogens is 1. The first-order valence-electron chi connectivity index (χ1n) is 7.51. The Balaban J connectivity index is 1.77. The van der Waals surface area contributed by atoms with Crippen molar-refractivity contribution in [3.05, 3.63) is 82.3 Å². The van der Waals surface area contributed by atoms with Crippen molar-refractivity contribution < 1.29 is 13.9 Å². The summed E-state index contributed by atoms with van der Waals surface area (Å²) in [4.78, 5) is 25.6. The van der Waals surface area contributed by atoms with Crippen molar-refractivity contribution in [3.8, 4) is 5.75 Å². The number of ether oxygens (including phenoxy) is 1.